The van der Waals surface area contributed by atoms with Crippen LogP contribution in [0.1, 0.15) is 0 Å². The zero-order valence-corrected chi connectivity index (χ0v) is 9.41. The lowest BCUT2D eigenvalue weighted by atomic mass is 10.1. The molecule has 84 valence electrons. The van der Waals surface area contributed by atoms with Crippen molar-refractivity contribution in [3.63, 3.8) is 0 Å². The predicted molar refractivity (Wildman–Crippen MR) is 70.1 cm³/mol. The van der Waals surface area contributed by atoms with Gasteiger partial charge in [0.05, 0.1) is 22.7 Å². The van der Waals surface area contributed by atoms with Crippen LogP contribution < -0.4 is 0 Å². The molecule has 0 saturated carbocycles. The van der Waals surface area contributed by atoms with Crippen molar-refractivity contribution < 1.29 is 0 Å². The maximum atomic E-state index is 4.47. The highest BCUT2D eigenvalue weighted by Gasteiger charge is 2.07. The number of nitrogens with zero attached hydrogens (tertiary/aromatic N) is 4. The summed E-state index contributed by atoms with van der Waals surface area (Å²) >= 11 is 0. The smallest absolute Gasteiger partial charge is 0.108 e. The molecule has 0 aliphatic rings. The van der Waals surface area contributed by atoms with Gasteiger partial charge in [0, 0.05) is 29.4 Å². The lowest BCUT2D eigenvalue weighted by Crippen LogP contribution is -1.89. The van der Waals surface area contributed by atoms with Gasteiger partial charge in [-0.15, -0.1) is 0 Å². The minimum atomic E-state index is 0.806. The Hall–Kier alpha value is -2.62. The van der Waals surface area contributed by atoms with E-state index in [1.54, 1.807) is 24.8 Å². The first-order valence-electron chi connectivity index (χ1n) is 5.67. The van der Waals surface area contributed by atoms with E-state index in [0.29, 0.717) is 0 Å². The van der Waals surface area contributed by atoms with Crippen LogP contribution in [0.5, 0.6) is 0 Å². The predicted octanol–water partition coefficient (Wildman–Crippen LogP) is 2.73. The second-order valence-electron chi connectivity index (χ2n) is 4.09. The number of fused-ring (bicyclic) bond motifs is 5. The zero-order chi connectivity index (χ0) is 11.9. The van der Waals surface area contributed by atoms with Crippen molar-refractivity contribution in [1.82, 2.24) is 19.9 Å². The second-order valence-corrected chi connectivity index (χ2v) is 4.09. The monoisotopic (exact) mass is 232 g/mol. The Kier molecular flexibility index (Phi) is 1.80. The molecule has 0 amide bonds. The van der Waals surface area contributed by atoms with E-state index < -0.39 is 0 Å². The van der Waals surface area contributed by atoms with Crippen LogP contribution in [-0.2, 0) is 0 Å². The molecule has 0 saturated heterocycles. The van der Waals surface area contributed by atoms with Crippen LogP contribution >= 0.6 is 0 Å². The number of hydrogen-bond donors (Lipinski definition) is 0. The van der Waals surface area contributed by atoms with Crippen LogP contribution in [0, 0.1) is 0 Å². The zero-order valence-electron chi connectivity index (χ0n) is 9.41. The summed E-state index contributed by atoms with van der Waals surface area (Å²) < 4.78 is 0. The Bertz CT molecular complexity index is 811. The number of hydrogen-bond acceptors (Lipinski definition) is 4. The number of aromatic nitrogens is 4. The summed E-state index contributed by atoms with van der Waals surface area (Å²) in [7, 11) is 0. The molecule has 0 bridgehead atoms. The van der Waals surface area contributed by atoms with Crippen LogP contribution in [0.25, 0.3) is 32.8 Å². The second kappa shape index (κ2) is 3.43. The molecule has 0 fully saturated rings. The molecule has 4 aromatic rings. The summed E-state index contributed by atoms with van der Waals surface area (Å²) in [6.45, 7) is 0. The van der Waals surface area contributed by atoms with Gasteiger partial charge in [-0.3, -0.25) is 19.9 Å². The van der Waals surface area contributed by atoms with Crippen LogP contribution in [0.2, 0.25) is 0 Å². The highest BCUT2D eigenvalue weighted by molar-refractivity contribution is 6.11. The number of benzene rings is 1. The van der Waals surface area contributed by atoms with E-state index >= 15 is 0 Å². The van der Waals surface area contributed by atoms with Gasteiger partial charge in [0.2, 0.25) is 0 Å². The van der Waals surface area contributed by atoms with Crippen LogP contribution in [0.15, 0.2) is 49.1 Å². The summed E-state index contributed by atoms with van der Waals surface area (Å²) in [5, 5.41) is 2.08. The van der Waals surface area contributed by atoms with Crippen molar-refractivity contribution in [3.05, 3.63) is 49.1 Å². The molecule has 3 heterocycles. The van der Waals surface area contributed by atoms with Crippen molar-refractivity contribution in [2.75, 3.05) is 0 Å². The molecule has 4 rings (SSSR count). The minimum Gasteiger partial charge on any atom is -0.254 e. The summed E-state index contributed by atoms with van der Waals surface area (Å²) in [4.78, 5) is 17.5. The summed E-state index contributed by atoms with van der Waals surface area (Å²) in [5.41, 5.74) is 3.46. The van der Waals surface area contributed by atoms with Crippen LogP contribution in [-0.4, -0.2) is 19.9 Å². The third-order valence-electron chi connectivity index (χ3n) is 3.05. The van der Waals surface area contributed by atoms with Gasteiger partial charge in [0.25, 0.3) is 0 Å². The standard InChI is InChI=1S/C14H8N4/c1-2-9-3-4-10-13-11(15-6-7-17-13)8-18-14(10)12(9)16-5-1/h1-8H. The third kappa shape index (κ3) is 1.20. The van der Waals surface area contributed by atoms with Gasteiger partial charge in [-0.05, 0) is 12.1 Å². The molecule has 0 N–H and O–H groups in total. The Labute approximate surface area is 102 Å². The van der Waals surface area contributed by atoms with Crippen molar-refractivity contribution in [2.45, 2.75) is 0 Å². The third-order valence-corrected chi connectivity index (χ3v) is 3.05. The van der Waals surface area contributed by atoms with E-state index in [9.17, 15) is 0 Å². The molecule has 4 heteroatoms. The molecule has 18 heavy (non-hydrogen) atoms. The maximum Gasteiger partial charge on any atom is 0.108 e. The fraction of sp³-hybridized carbons (Fsp3) is 0. The summed E-state index contributed by atoms with van der Waals surface area (Å²) in [6.07, 6.45) is 6.91. The van der Waals surface area contributed by atoms with Gasteiger partial charge in [-0.1, -0.05) is 12.1 Å². The highest BCUT2D eigenvalue weighted by Crippen LogP contribution is 2.25. The van der Waals surface area contributed by atoms with E-state index in [4.69, 9.17) is 0 Å². The quantitative estimate of drug-likeness (QED) is 0.437. The molecule has 0 spiro atoms. The van der Waals surface area contributed by atoms with E-state index in [1.807, 2.05) is 24.3 Å². The molecule has 3 aromatic heterocycles. The highest BCUT2D eigenvalue weighted by atomic mass is 14.8. The molecule has 4 nitrogen and oxygen atoms in total. The van der Waals surface area contributed by atoms with E-state index in [-0.39, 0.29) is 0 Å². The van der Waals surface area contributed by atoms with Crippen molar-refractivity contribution in [3.8, 4) is 0 Å². The van der Waals surface area contributed by atoms with Gasteiger partial charge in [-0.2, -0.15) is 0 Å². The number of rotatable bonds is 0. The Morgan fingerprint density at radius 3 is 2.56 bits per heavy atom. The van der Waals surface area contributed by atoms with Crippen LogP contribution in [0.3, 0.4) is 0 Å². The Morgan fingerprint density at radius 1 is 0.667 bits per heavy atom. The minimum absolute atomic E-state index is 0.806. The average Bonchev–Trinajstić information content (AvgIpc) is 2.46. The molecule has 0 aliphatic heterocycles. The Balaban J connectivity index is 2.31. The first-order valence-corrected chi connectivity index (χ1v) is 5.67. The lowest BCUT2D eigenvalue weighted by Gasteiger charge is -2.04. The molecule has 0 radical (unpaired) electrons. The van der Waals surface area contributed by atoms with Crippen molar-refractivity contribution in [2.24, 2.45) is 0 Å². The van der Waals surface area contributed by atoms with E-state index in [1.165, 1.54) is 0 Å². The fourth-order valence-electron chi connectivity index (χ4n) is 2.23. The SMILES string of the molecule is c1cnc2c(c1)ccc1c3nccnc3cnc12. The molecule has 0 unspecified atom stereocenters. The fourth-order valence-corrected chi connectivity index (χ4v) is 2.23. The normalized spacial score (nSPS) is 11.3. The van der Waals surface area contributed by atoms with Crippen LogP contribution in [0.4, 0.5) is 0 Å². The first-order chi connectivity index (χ1) is 8.93. The van der Waals surface area contributed by atoms with Crippen molar-refractivity contribution >= 4 is 32.8 Å². The van der Waals surface area contributed by atoms with Crippen molar-refractivity contribution in [1.29, 1.82) is 0 Å². The molecule has 1 aromatic carbocycles. The Morgan fingerprint density at radius 2 is 1.56 bits per heavy atom. The summed E-state index contributed by atoms with van der Waals surface area (Å²) in [5.74, 6) is 0. The van der Waals surface area contributed by atoms with Gasteiger partial charge in [-0.25, -0.2) is 0 Å². The molecule has 0 aliphatic carbocycles. The van der Waals surface area contributed by atoms with Gasteiger partial charge in [0.15, 0.2) is 0 Å². The summed E-state index contributed by atoms with van der Waals surface area (Å²) in [6, 6.07) is 8.03. The van der Waals surface area contributed by atoms with Gasteiger partial charge < -0.3 is 0 Å². The number of pyridine rings is 2. The molecule has 0 atom stereocenters. The molecular weight excluding hydrogens is 224 g/mol. The van der Waals surface area contributed by atoms with E-state index in [2.05, 4.69) is 19.9 Å². The molecular formula is C14H8N4. The first kappa shape index (κ1) is 9.41. The largest absolute Gasteiger partial charge is 0.254 e. The van der Waals surface area contributed by atoms with Gasteiger partial charge in [0.1, 0.15) is 5.52 Å². The maximum absolute atomic E-state index is 4.47. The van der Waals surface area contributed by atoms with Gasteiger partial charge >= 0.3 is 0 Å². The topological polar surface area (TPSA) is 51.6 Å². The average molecular weight is 232 g/mol. The van der Waals surface area contributed by atoms with E-state index in [0.717, 1.165) is 32.8 Å². The lowest BCUT2D eigenvalue weighted by molar-refractivity contribution is 1.28.